The molecule has 1 aromatic rings. The van der Waals surface area contributed by atoms with Crippen molar-refractivity contribution >= 4 is 35.6 Å². The highest BCUT2D eigenvalue weighted by molar-refractivity contribution is 14.0. The number of unbranched alkanes of at least 4 members (excludes halogenated alkanes) is 3. The molecule has 108 valence electrons. The lowest BCUT2D eigenvalue weighted by molar-refractivity contribution is 0.675. The number of rotatable bonds is 6. The van der Waals surface area contributed by atoms with Crippen LogP contribution < -0.4 is 11.1 Å². The van der Waals surface area contributed by atoms with Crippen LogP contribution in [0.25, 0.3) is 0 Å². The molecule has 3 nitrogen and oxygen atoms in total. The molecule has 0 bridgehead atoms. The zero-order chi connectivity index (χ0) is 13.4. The molecule has 0 atom stereocenters. The maximum absolute atomic E-state index is 5.86. The number of halogens is 1. The first-order valence-corrected chi connectivity index (χ1v) is 6.77. The van der Waals surface area contributed by atoms with Crippen molar-refractivity contribution in [3.05, 3.63) is 29.3 Å². The molecule has 0 aliphatic heterocycles. The van der Waals surface area contributed by atoms with E-state index in [0.717, 1.165) is 18.7 Å². The highest BCUT2D eigenvalue weighted by Gasteiger charge is 1.97. The Morgan fingerprint density at radius 1 is 1.11 bits per heavy atom. The summed E-state index contributed by atoms with van der Waals surface area (Å²) in [5.74, 6) is 0.511. The van der Waals surface area contributed by atoms with Gasteiger partial charge in [0, 0.05) is 12.2 Å². The van der Waals surface area contributed by atoms with E-state index in [9.17, 15) is 0 Å². The van der Waals surface area contributed by atoms with E-state index in [1.54, 1.807) is 0 Å². The van der Waals surface area contributed by atoms with Gasteiger partial charge in [0.15, 0.2) is 5.96 Å². The van der Waals surface area contributed by atoms with Gasteiger partial charge in [-0.1, -0.05) is 32.3 Å². The lowest BCUT2D eigenvalue weighted by atomic mass is 10.1. The molecule has 0 unspecified atom stereocenters. The van der Waals surface area contributed by atoms with Gasteiger partial charge in [-0.3, -0.25) is 4.99 Å². The van der Waals surface area contributed by atoms with Gasteiger partial charge >= 0.3 is 0 Å². The second-order valence-electron chi connectivity index (χ2n) is 4.83. The van der Waals surface area contributed by atoms with E-state index in [1.807, 2.05) is 0 Å². The fourth-order valence-electron chi connectivity index (χ4n) is 1.97. The summed E-state index contributed by atoms with van der Waals surface area (Å²) in [5.41, 5.74) is 9.34. The second-order valence-corrected chi connectivity index (χ2v) is 4.83. The number of aliphatic imine (C=N–C) groups is 1. The third kappa shape index (κ3) is 8.08. The van der Waals surface area contributed by atoms with Crippen molar-refractivity contribution in [3.8, 4) is 0 Å². The Balaban J connectivity index is 0.00000324. The summed E-state index contributed by atoms with van der Waals surface area (Å²) < 4.78 is 0. The second kappa shape index (κ2) is 10.1. The number of benzene rings is 1. The van der Waals surface area contributed by atoms with Gasteiger partial charge in [-0.05, 0) is 43.5 Å². The minimum Gasteiger partial charge on any atom is -0.370 e. The molecule has 0 amide bonds. The number of aryl methyl sites for hydroxylation is 2. The maximum Gasteiger partial charge on any atom is 0.193 e. The number of nitrogens with one attached hydrogen (secondary N) is 1. The number of guanidine groups is 1. The molecule has 0 saturated heterocycles. The largest absolute Gasteiger partial charge is 0.370 e. The number of hydrogen-bond donors (Lipinski definition) is 2. The van der Waals surface area contributed by atoms with Crippen LogP contribution in [0.4, 0.5) is 5.69 Å². The van der Waals surface area contributed by atoms with Crippen molar-refractivity contribution in [2.24, 2.45) is 10.7 Å². The van der Waals surface area contributed by atoms with Crippen LogP contribution in [0.15, 0.2) is 23.2 Å². The lowest BCUT2D eigenvalue weighted by Gasteiger charge is -2.08. The van der Waals surface area contributed by atoms with Gasteiger partial charge in [-0.2, -0.15) is 0 Å². The van der Waals surface area contributed by atoms with E-state index in [2.05, 4.69) is 49.3 Å². The molecule has 1 rings (SSSR count). The summed E-state index contributed by atoms with van der Waals surface area (Å²) in [6.07, 6.45) is 4.87. The third-order valence-corrected chi connectivity index (χ3v) is 2.79. The molecule has 0 heterocycles. The van der Waals surface area contributed by atoms with Crippen LogP contribution in [0.5, 0.6) is 0 Å². The zero-order valence-corrected chi connectivity index (χ0v) is 14.5. The van der Waals surface area contributed by atoms with Crippen LogP contribution in [-0.4, -0.2) is 12.5 Å². The van der Waals surface area contributed by atoms with Gasteiger partial charge < -0.3 is 11.1 Å². The van der Waals surface area contributed by atoms with Gasteiger partial charge in [-0.25, -0.2) is 0 Å². The topological polar surface area (TPSA) is 50.4 Å². The van der Waals surface area contributed by atoms with Crippen LogP contribution in [0, 0.1) is 13.8 Å². The first kappa shape index (κ1) is 18.2. The molecule has 0 aromatic heterocycles. The Bertz CT molecular complexity index is 382. The van der Waals surface area contributed by atoms with Crippen LogP contribution in [0.1, 0.15) is 43.7 Å². The Hall–Kier alpha value is -0.780. The number of hydrogen-bond acceptors (Lipinski definition) is 1. The molecule has 0 saturated carbocycles. The Labute approximate surface area is 134 Å². The molecule has 4 heteroatoms. The summed E-state index contributed by atoms with van der Waals surface area (Å²) in [7, 11) is 0. The monoisotopic (exact) mass is 375 g/mol. The summed E-state index contributed by atoms with van der Waals surface area (Å²) >= 11 is 0. The zero-order valence-electron chi connectivity index (χ0n) is 12.2. The quantitative estimate of drug-likeness (QED) is 0.338. The van der Waals surface area contributed by atoms with E-state index in [4.69, 9.17) is 5.73 Å². The summed E-state index contributed by atoms with van der Waals surface area (Å²) in [6.45, 7) is 7.18. The van der Waals surface area contributed by atoms with Crippen LogP contribution in [0.2, 0.25) is 0 Å². The SMILES string of the molecule is CCCCCCN=C(N)Nc1cc(C)cc(C)c1.I. The summed E-state index contributed by atoms with van der Waals surface area (Å²) in [6, 6.07) is 6.29. The number of nitrogens with two attached hydrogens (primary N) is 1. The van der Waals surface area contributed by atoms with Gasteiger partial charge in [0.2, 0.25) is 0 Å². The minimum absolute atomic E-state index is 0. The van der Waals surface area contributed by atoms with Crippen molar-refractivity contribution in [1.29, 1.82) is 0 Å². The molecule has 3 N–H and O–H groups in total. The Kier molecular flexibility index (Phi) is 9.65. The summed E-state index contributed by atoms with van der Waals surface area (Å²) in [5, 5.41) is 3.14. The smallest absolute Gasteiger partial charge is 0.193 e. The van der Waals surface area contributed by atoms with E-state index in [-0.39, 0.29) is 24.0 Å². The molecular weight excluding hydrogens is 349 g/mol. The van der Waals surface area contributed by atoms with Crippen molar-refractivity contribution in [1.82, 2.24) is 0 Å². The van der Waals surface area contributed by atoms with E-state index >= 15 is 0 Å². The van der Waals surface area contributed by atoms with Gasteiger partial charge in [0.1, 0.15) is 0 Å². The predicted octanol–water partition coefficient (Wildman–Crippen LogP) is 4.23. The standard InChI is InChI=1S/C15H25N3.HI/c1-4-5-6-7-8-17-15(16)18-14-10-12(2)9-13(3)11-14;/h9-11H,4-8H2,1-3H3,(H3,16,17,18);1H. The highest BCUT2D eigenvalue weighted by Crippen LogP contribution is 2.13. The molecule has 19 heavy (non-hydrogen) atoms. The molecule has 0 spiro atoms. The minimum atomic E-state index is 0. The highest BCUT2D eigenvalue weighted by atomic mass is 127. The van der Waals surface area contributed by atoms with E-state index in [0.29, 0.717) is 5.96 Å². The van der Waals surface area contributed by atoms with Crippen LogP contribution in [-0.2, 0) is 0 Å². The molecular formula is C15H26IN3. The molecule has 0 fully saturated rings. The average Bonchev–Trinajstić information content (AvgIpc) is 2.27. The van der Waals surface area contributed by atoms with Gasteiger partial charge in [-0.15, -0.1) is 24.0 Å². The van der Waals surface area contributed by atoms with Crippen molar-refractivity contribution in [3.63, 3.8) is 0 Å². The van der Waals surface area contributed by atoms with Crippen LogP contribution in [0.3, 0.4) is 0 Å². The van der Waals surface area contributed by atoms with Gasteiger partial charge in [0.25, 0.3) is 0 Å². The fraction of sp³-hybridized carbons (Fsp3) is 0.533. The van der Waals surface area contributed by atoms with Crippen molar-refractivity contribution in [2.45, 2.75) is 46.5 Å². The summed E-state index contributed by atoms with van der Waals surface area (Å²) in [4.78, 5) is 4.33. The molecule has 1 aromatic carbocycles. The maximum atomic E-state index is 5.86. The number of nitrogens with zero attached hydrogens (tertiary/aromatic N) is 1. The Morgan fingerprint density at radius 3 is 2.32 bits per heavy atom. The molecule has 0 aliphatic rings. The molecule has 0 radical (unpaired) electrons. The van der Waals surface area contributed by atoms with Gasteiger partial charge in [0.05, 0.1) is 0 Å². The molecule has 0 aliphatic carbocycles. The van der Waals surface area contributed by atoms with E-state index in [1.165, 1.54) is 30.4 Å². The third-order valence-electron chi connectivity index (χ3n) is 2.79. The van der Waals surface area contributed by atoms with Crippen molar-refractivity contribution < 1.29 is 0 Å². The normalized spacial score (nSPS) is 11.0. The fourth-order valence-corrected chi connectivity index (χ4v) is 1.97. The van der Waals surface area contributed by atoms with Crippen molar-refractivity contribution in [2.75, 3.05) is 11.9 Å². The number of anilines is 1. The van der Waals surface area contributed by atoms with Crippen LogP contribution >= 0.6 is 24.0 Å². The predicted molar refractivity (Wildman–Crippen MR) is 95.6 cm³/mol. The van der Waals surface area contributed by atoms with E-state index < -0.39 is 0 Å². The average molecular weight is 375 g/mol. The Morgan fingerprint density at radius 2 is 1.74 bits per heavy atom. The first-order chi connectivity index (χ1) is 8.61. The lowest BCUT2D eigenvalue weighted by Crippen LogP contribution is -2.23. The first-order valence-electron chi connectivity index (χ1n) is 6.77.